The van der Waals surface area contributed by atoms with Crippen LogP contribution >= 0.6 is 0 Å². The van der Waals surface area contributed by atoms with Crippen LogP contribution in [-0.2, 0) is 16.1 Å². The first-order valence-corrected chi connectivity index (χ1v) is 5.82. The third-order valence-corrected chi connectivity index (χ3v) is 2.75. The van der Waals surface area contributed by atoms with E-state index >= 15 is 0 Å². The molecule has 3 N–H and O–H groups in total. The maximum atomic E-state index is 13.4. The van der Waals surface area contributed by atoms with Crippen LogP contribution in [0, 0.1) is 5.82 Å². The Kier molecular flexibility index (Phi) is 5.72. The first-order valence-electron chi connectivity index (χ1n) is 5.82. The van der Waals surface area contributed by atoms with Crippen LogP contribution in [0.15, 0.2) is 12.1 Å². The molecule has 0 saturated heterocycles. The van der Waals surface area contributed by atoms with Crippen LogP contribution in [0.3, 0.4) is 0 Å². The fourth-order valence-electron chi connectivity index (χ4n) is 1.94. The second-order valence-electron chi connectivity index (χ2n) is 4.15. The van der Waals surface area contributed by atoms with Gasteiger partial charge in [0, 0.05) is 31.2 Å². The van der Waals surface area contributed by atoms with E-state index in [1.807, 2.05) is 0 Å². The van der Waals surface area contributed by atoms with Crippen molar-refractivity contribution in [2.75, 3.05) is 14.2 Å². The topological polar surface area (TPSA) is 81.8 Å². The number of rotatable bonds is 7. The lowest BCUT2D eigenvalue weighted by Crippen LogP contribution is -2.16. The summed E-state index contributed by atoms with van der Waals surface area (Å²) in [5.41, 5.74) is 7.14. The summed E-state index contributed by atoms with van der Waals surface area (Å²) in [6.45, 7) is 0.185. The summed E-state index contributed by atoms with van der Waals surface area (Å²) in [7, 11) is 2.91. The molecule has 1 rings (SSSR count). The van der Waals surface area contributed by atoms with Gasteiger partial charge in [-0.05, 0) is 18.1 Å². The summed E-state index contributed by atoms with van der Waals surface area (Å²) in [4.78, 5) is 10.6. The van der Waals surface area contributed by atoms with Crippen LogP contribution in [0.2, 0.25) is 0 Å². The summed E-state index contributed by atoms with van der Waals surface area (Å²) >= 11 is 0. The van der Waals surface area contributed by atoms with Gasteiger partial charge in [-0.3, -0.25) is 4.79 Å². The number of carboxylic acids is 1. The summed E-state index contributed by atoms with van der Waals surface area (Å²) in [6.07, 6.45) is 0.183. The number of carbonyl (C=O) groups is 1. The molecule has 5 nitrogen and oxygen atoms in total. The molecule has 0 bridgehead atoms. The number of benzene rings is 1. The number of ether oxygens (including phenoxy) is 2. The highest BCUT2D eigenvalue weighted by Gasteiger charge is 2.19. The van der Waals surface area contributed by atoms with Crippen LogP contribution in [0.25, 0.3) is 0 Å². The van der Waals surface area contributed by atoms with E-state index in [-0.39, 0.29) is 19.4 Å². The minimum Gasteiger partial charge on any atom is -0.496 e. The lowest BCUT2D eigenvalue weighted by molar-refractivity contribution is -0.137. The molecule has 106 valence electrons. The summed E-state index contributed by atoms with van der Waals surface area (Å²) in [6, 6.07) is 2.01. The standard InChI is InChI=1S/C13H18FNO4/c1-18-7-8-5-9(14)6-11(19-2)13(8)10(15)3-4-12(16)17/h5-6,10H,3-4,7,15H2,1-2H3,(H,16,17). The fourth-order valence-corrected chi connectivity index (χ4v) is 1.94. The molecule has 0 aromatic heterocycles. The normalized spacial score (nSPS) is 12.2. The Balaban J connectivity index is 3.10. The first-order chi connectivity index (χ1) is 8.99. The lowest BCUT2D eigenvalue weighted by Gasteiger charge is -2.19. The van der Waals surface area contributed by atoms with Crippen molar-refractivity contribution in [3.8, 4) is 5.75 Å². The molecular weight excluding hydrogens is 253 g/mol. The van der Waals surface area contributed by atoms with E-state index in [1.165, 1.54) is 26.4 Å². The molecule has 1 aromatic carbocycles. The average Bonchev–Trinajstić information content (AvgIpc) is 2.35. The van der Waals surface area contributed by atoms with E-state index in [2.05, 4.69) is 0 Å². The summed E-state index contributed by atoms with van der Waals surface area (Å²) < 4.78 is 23.5. The van der Waals surface area contributed by atoms with Gasteiger partial charge in [0.15, 0.2) is 0 Å². The van der Waals surface area contributed by atoms with Gasteiger partial charge in [-0.25, -0.2) is 4.39 Å². The summed E-state index contributed by atoms with van der Waals surface area (Å²) in [5, 5.41) is 8.68. The van der Waals surface area contributed by atoms with Crippen LogP contribution in [0.5, 0.6) is 5.75 Å². The summed E-state index contributed by atoms with van der Waals surface area (Å²) in [5.74, 6) is -1.06. The Labute approximate surface area is 111 Å². The van der Waals surface area contributed by atoms with Crippen molar-refractivity contribution in [2.45, 2.75) is 25.5 Å². The second kappa shape index (κ2) is 7.06. The van der Waals surface area contributed by atoms with Crippen LogP contribution in [-0.4, -0.2) is 25.3 Å². The van der Waals surface area contributed by atoms with Crippen molar-refractivity contribution >= 4 is 5.97 Å². The third kappa shape index (κ3) is 4.18. The predicted molar refractivity (Wildman–Crippen MR) is 67.5 cm³/mol. The van der Waals surface area contributed by atoms with Crippen molar-refractivity contribution in [1.82, 2.24) is 0 Å². The van der Waals surface area contributed by atoms with E-state index in [9.17, 15) is 9.18 Å². The van der Waals surface area contributed by atoms with Crippen molar-refractivity contribution in [1.29, 1.82) is 0 Å². The molecular formula is C13H18FNO4. The van der Waals surface area contributed by atoms with Gasteiger partial charge in [-0.2, -0.15) is 0 Å². The van der Waals surface area contributed by atoms with Gasteiger partial charge in [0.1, 0.15) is 11.6 Å². The van der Waals surface area contributed by atoms with Crippen LogP contribution in [0.1, 0.15) is 30.0 Å². The predicted octanol–water partition coefficient (Wildman–Crippen LogP) is 1.85. The maximum absolute atomic E-state index is 13.4. The lowest BCUT2D eigenvalue weighted by atomic mass is 9.96. The maximum Gasteiger partial charge on any atom is 0.303 e. The van der Waals surface area contributed by atoms with Gasteiger partial charge in [0.2, 0.25) is 0 Å². The molecule has 0 saturated carbocycles. The monoisotopic (exact) mass is 271 g/mol. The van der Waals surface area contributed by atoms with Crippen LogP contribution < -0.4 is 10.5 Å². The molecule has 0 heterocycles. The molecule has 0 aliphatic carbocycles. The SMILES string of the molecule is COCc1cc(F)cc(OC)c1C(N)CCC(=O)O. The molecule has 0 fully saturated rings. The Morgan fingerprint density at radius 3 is 2.68 bits per heavy atom. The van der Waals surface area contributed by atoms with E-state index < -0.39 is 17.8 Å². The molecule has 19 heavy (non-hydrogen) atoms. The molecule has 0 aliphatic heterocycles. The molecule has 0 amide bonds. The number of hydrogen-bond donors (Lipinski definition) is 2. The fraction of sp³-hybridized carbons (Fsp3) is 0.462. The van der Waals surface area contributed by atoms with Crippen molar-refractivity contribution in [3.63, 3.8) is 0 Å². The van der Waals surface area contributed by atoms with E-state index in [0.717, 1.165) is 0 Å². The zero-order valence-corrected chi connectivity index (χ0v) is 11.0. The highest BCUT2D eigenvalue weighted by Crippen LogP contribution is 2.31. The molecule has 1 aromatic rings. The van der Waals surface area contributed by atoms with Gasteiger partial charge < -0.3 is 20.3 Å². The van der Waals surface area contributed by atoms with Gasteiger partial charge in [0.25, 0.3) is 0 Å². The molecule has 0 aliphatic rings. The Morgan fingerprint density at radius 2 is 2.16 bits per heavy atom. The highest BCUT2D eigenvalue weighted by molar-refractivity contribution is 5.66. The minimum atomic E-state index is -0.926. The molecule has 6 heteroatoms. The highest BCUT2D eigenvalue weighted by atomic mass is 19.1. The van der Waals surface area contributed by atoms with E-state index in [0.29, 0.717) is 16.9 Å². The number of hydrogen-bond acceptors (Lipinski definition) is 4. The number of carboxylic acid groups (broad SMARTS) is 1. The zero-order valence-electron chi connectivity index (χ0n) is 11.0. The number of aliphatic carboxylic acids is 1. The first kappa shape index (κ1) is 15.4. The quantitative estimate of drug-likeness (QED) is 0.790. The average molecular weight is 271 g/mol. The van der Waals surface area contributed by atoms with Crippen LogP contribution in [0.4, 0.5) is 4.39 Å². The molecule has 1 unspecified atom stereocenters. The van der Waals surface area contributed by atoms with Gasteiger partial charge >= 0.3 is 5.97 Å². The Bertz CT molecular complexity index is 451. The number of nitrogens with two attached hydrogens (primary N) is 1. The second-order valence-corrected chi connectivity index (χ2v) is 4.15. The smallest absolute Gasteiger partial charge is 0.303 e. The molecule has 0 radical (unpaired) electrons. The zero-order chi connectivity index (χ0) is 14.4. The van der Waals surface area contributed by atoms with Crippen molar-refractivity contribution in [3.05, 3.63) is 29.1 Å². The van der Waals surface area contributed by atoms with Gasteiger partial charge in [-0.1, -0.05) is 0 Å². The van der Waals surface area contributed by atoms with E-state index in [4.69, 9.17) is 20.3 Å². The third-order valence-electron chi connectivity index (χ3n) is 2.75. The number of methoxy groups -OCH3 is 2. The largest absolute Gasteiger partial charge is 0.496 e. The van der Waals surface area contributed by atoms with Gasteiger partial charge in [-0.15, -0.1) is 0 Å². The molecule has 1 atom stereocenters. The van der Waals surface area contributed by atoms with Crippen molar-refractivity contribution < 1.29 is 23.8 Å². The number of halogens is 1. The van der Waals surface area contributed by atoms with E-state index in [1.54, 1.807) is 0 Å². The Hall–Kier alpha value is -1.66. The van der Waals surface area contributed by atoms with Gasteiger partial charge in [0.05, 0.1) is 13.7 Å². The van der Waals surface area contributed by atoms with Crippen molar-refractivity contribution in [2.24, 2.45) is 5.73 Å². The minimum absolute atomic E-state index is 0.0614. The molecule has 0 spiro atoms. The Morgan fingerprint density at radius 1 is 1.47 bits per heavy atom.